The van der Waals surface area contributed by atoms with Crippen molar-refractivity contribution < 1.29 is 32.6 Å². The molecule has 0 aliphatic carbocycles. The van der Waals surface area contributed by atoms with Gasteiger partial charge in [0.25, 0.3) is 0 Å². The number of carbonyl (C=O) groups excluding carboxylic acids is 1. The average Bonchev–Trinajstić information content (AvgIpc) is 2.48. The van der Waals surface area contributed by atoms with Gasteiger partial charge in [-0.1, -0.05) is 0 Å². The van der Waals surface area contributed by atoms with Crippen LogP contribution in [0.5, 0.6) is 0 Å². The number of nitrogens with two attached hydrogens (primary N) is 1. The molecule has 0 unspecified atom stereocenters. The van der Waals surface area contributed by atoms with Crippen LogP contribution >= 0.6 is 0 Å². The Hall–Kier alpha value is -1.55. The van der Waals surface area contributed by atoms with Gasteiger partial charge in [0.2, 0.25) is 0 Å². The van der Waals surface area contributed by atoms with E-state index in [0.717, 1.165) is 39.0 Å². The molecular weight excluding hydrogens is 307 g/mol. The van der Waals surface area contributed by atoms with Crippen LogP contribution in [-0.2, 0) is 9.53 Å². The lowest BCUT2D eigenvalue weighted by Gasteiger charge is -2.36. The highest BCUT2D eigenvalue weighted by Gasteiger charge is 2.38. The lowest BCUT2D eigenvalue weighted by atomic mass is 10.1. The molecule has 10 heteroatoms. The van der Waals surface area contributed by atoms with E-state index in [1.54, 1.807) is 0 Å². The van der Waals surface area contributed by atoms with Gasteiger partial charge in [-0.3, -0.25) is 0 Å². The third-order valence-electron chi connectivity index (χ3n) is 3.33. The summed E-state index contributed by atoms with van der Waals surface area (Å²) in [4.78, 5) is 24.7. The van der Waals surface area contributed by atoms with Gasteiger partial charge in [-0.05, 0) is 12.8 Å². The number of aliphatic carboxylic acids is 1. The zero-order valence-electron chi connectivity index (χ0n) is 12.0. The maximum Gasteiger partial charge on any atom is 0.490 e. The Morgan fingerprint density at radius 3 is 1.86 bits per heavy atom. The standard InChI is InChI=1S/C10H19N3O2.C2HF3O2/c11-9-1-3-12(4-2-9)10(14)13-5-7-15-8-6-13;3-2(4,5)1(6)7/h9H,1-8,11H2;(H,6,7). The molecule has 2 aliphatic heterocycles. The van der Waals surface area contributed by atoms with Gasteiger partial charge in [0, 0.05) is 32.2 Å². The summed E-state index contributed by atoms with van der Waals surface area (Å²) in [7, 11) is 0. The molecule has 2 heterocycles. The minimum atomic E-state index is -5.08. The summed E-state index contributed by atoms with van der Waals surface area (Å²) >= 11 is 0. The number of hydrogen-bond donors (Lipinski definition) is 2. The first kappa shape index (κ1) is 18.5. The topological polar surface area (TPSA) is 96.1 Å². The Morgan fingerprint density at radius 2 is 1.45 bits per heavy atom. The molecule has 22 heavy (non-hydrogen) atoms. The van der Waals surface area contributed by atoms with Crippen molar-refractivity contribution in [2.45, 2.75) is 25.1 Å². The molecule has 128 valence electrons. The van der Waals surface area contributed by atoms with E-state index >= 15 is 0 Å². The number of nitrogens with zero attached hydrogens (tertiary/aromatic N) is 2. The van der Waals surface area contributed by atoms with Crippen LogP contribution in [-0.4, -0.2) is 78.5 Å². The van der Waals surface area contributed by atoms with Crippen molar-refractivity contribution in [3.05, 3.63) is 0 Å². The minimum Gasteiger partial charge on any atom is -0.475 e. The van der Waals surface area contributed by atoms with Gasteiger partial charge < -0.3 is 25.4 Å². The number of ether oxygens (including phenoxy) is 1. The van der Waals surface area contributed by atoms with E-state index in [1.807, 2.05) is 9.80 Å². The van der Waals surface area contributed by atoms with Crippen LogP contribution < -0.4 is 5.73 Å². The molecule has 3 N–H and O–H groups in total. The first-order valence-electron chi connectivity index (χ1n) is 6.89. The minimum absolute atomic E-state index is 0.158. The molecule has 0 saturated carbocycles. The van der Waals surface area contributed by atoms with Gasteiger partial charge in [0.15, 0.2) is 0 Å². The number of halogens is 3. The van der Waals surface area contributed by atoms with Gasteiger partial charge in [-0.15, -0.1) is 0 Å². The second kappa shape index (κ2) is 8.18. The van der Waals surface area contributed by atoms with E-state index in [-0.39, 0.29) is 12.1 Å². The largest absolute Gasteiger partial charge is 0.490 e. The lowest BCUT2D eigenvalue weighted by Crippen LogP contribution is -2.51. The number of carboxylic acid groups (broad SMARTS) is 1. The summed E-state index contributed by atoms with van der Waals surface area (Å²) in [5.41, 5.74) is 5.80. The molecule has 0 aromatic rings. The molecule has 2 fully saturated rings. The molecule has 2 aliphatic rings. The number of alkyl halides is 3. The summed E-state index contributed by atoms with van der Waals surface area (Å²) in [5.74, 6) is -2.76. The number of urea groups is 1. The number of likely N-dealkylation sites (tertiary alicyclic amines) is 1. The van der Waals surface area contributed by atoms with E-state index in [4.69, 9.17) is 20.4 Å². The second-order valence-electron chi connectivity index (χ2n) is 5.01. The highest BCUT2D eigenvalue weighted by Crippen LogP contribution is 2.13. The molecule has 0 aromatic carbocycles. The number of carbonyl (C=O) groups is 2. The molecule has 0 atom stereocenters. The number of morpholine rings is 1. The van der Waals surface area contributed by atoms with Crippen molar-refractivity contribution in [2.24, 2.45) is 5.73 Å². The van der Waals surface area contributed by atoms with Gasteiger partial charge >= 0.3 is 18.2 Å². The fraction of sp³-hybridized carbons (Fsp3) is 0.833. The maximum atomic E-state index is 12.0. The van der Waals surface area contributed by atoms with Crippen molar-refractivity contribution in [3.63, 3.8) is 0 Å². The van der Waals surface area contributed by atoms with Gasteiger partial charge in [0.05, 0.1) is 13.2 Å². The van der Waals surface area contributed by atoms with E-state index in [1.165, 1.54) is 0 Å². The Kier molecular flexibility index (Phi) is 6.88. The maximum absolute atomic E-state index is 12.0. The summed E-state index contributed by atoms with van der Waals surface area (Å²) in [6.45, 7) is 4.38. The molecule has 2 amide bonds. The smallest absolute Gasteiger partial charge is 0.475 e. The molecule has 2 saturated heterocycles. The normalized spacial score (nSPS) is 20.2. The summed E-state index contributed by atoms with van der Waals surface area (Å²) in [5, 5.41) is 7.12. The van der Waals surface area contributed by atoms with Crippen LogP contribution in [0.1, 0.15) is 12.8 Å². The zero-order chi connectivity index (χ0) is 16.8. The Morgan fingerprint density at radius 1 is 1.05 bits per heavy atom. The third kappa shape index (κ3) is 6.06. The first-order valence-corrected chi connectivity index (χ1v) is 6.89. The molecule has 0 aromatic heterocycles. The third-order valence-corrected chi connectivity index (χ3v) is 3.33. The van der Waals surface area contributed by atoms with E-state index in [9.17, 15) is 18.0 Å². The Labute approximate surface area is 125 Å². The van der Waals surface area contributed by atoms with E-state index in [2.05, 4.69) is 0 Å². The van der Waals surface area contributed by atoms with Crippen LogP contribution in [0.3, 0.4) is 0 Å². The first-order chi connectivity index (χ1) is 10.2. The molecule has 7 nitrogen and oxygen atoms in total. The summed E-state index contributed by atoms with van der Waals surface area (Å²) < 4.78 is 37.0. The van der Waals surface area contributed by atoms with Gasteiger partial charge in [-0.2, -0.15) is 13.2 Å². The number of rotatable bonds is 0. The monoisotopic (exact) mass is 327 g/mol. The molecule has 2 rings (SSSR count). The Bertz CT molecular complexity index is 378. The van der Waals surface area contributed by atoms with Crippen molar-refractivity contribution in [2.75, 3.05) is 39.4 Å². The van der Waals surface area contributed by atoms with Gasteiger partial charge in [-0.25, -0.2) is 9.59 Å². The van der Waals surface area contributed by atoms with Crippen molar-refractivity contribution in [1.29, 1.82) is 0 Å². The quantitative estimate of drug-likeness (QED) is 0.675. The van der Waals surface area contributed by atoms with Crippen LogP contribution in [0.2, 0.25) is 0 Å². The second-order valence-corrected chi connectivity index (χ2v) is 5.01. The van der Waals surface area contributed by atoms with Crippen molar-refractivity contribution in [3.8, 4) is 0 Å². The van der Waals surface area contributed by atoms with E-state index in [0.29, 0.717) is 13.2 Å². The van der Waals surface area contributed by atoms with Crippen LogP contribution in [0, 0.1) is 0 Å². The summed E-state index contributed by atoms with van der Waals surface area (Å²) in [6, 6.07) is 0.434. The SMILES string of the molecule is NC1CCN(C(=O)N2CCOCC2)CC1.O=C(O)C(F)(F)F. The molecule has 0 spiro atoms. The molecule has 0 bridgehead atoms. The molecule has 0 radical (unpaired) electrons. The lowest BCUT2D eigenvalue weighted by molar-refractivity contribution is -0.192. The van der Waals surface area contributed by atoms with Crippen LogP contribution in [0.4, 0.5) is 18.0 Å². The molecular formula is C12H20F3N3O4. The predicted molar refractivity (Wildman–Crippen MR) is 70.3 cm³/mol. The summed E-state index contributed by atoms with van der Waals surface area (Å²) in [6.07, 6.45) is -3.23. The number of carboxylic acids is 1. The van der Waals surface area contributed by atoms with Crippen molar-refractivity contribution >= 4 is 12.0 Å². The fourth-order valence-electron chi connectivity index (χ4n) is 2.05. The highest BCUT2D eigenvalue weighted by atomic mass is 19.4. The highest BCUT2D eigenvalue weighted by molar-refractivity contribution is 5.74. The van der Waals surface area contributed by atoms with Crippen LogP contribution in [0.15, 0.2) is 0 Å². The average molecular weight is 327 g/mol. The van der Waals surface area contributed by atoms with Gasteiger partial charge in [0.1, 0.15) is 0 Å². The Balaban J connectivity index is 0.000000295. The fourth-order valence-corrected chi connectivity index (χ4v) is 2.05. The number of hydrogen-bond acceptors (Lipinski definition) is 4. The number of piperidine rings is 1. The van der Waals surface area contributed by atoms with Crippen LogP contribution in [0.25, 0.3) is 0 Å². The zero-order valence-corrected chi connectivity index (χ0v) is 12.0. The van der Waals surface area contributed by atoms with E-state index < -0.39 is 12.1 Å². The van der Waals surface area contributed by atoms with Crippen molar-refractivity contribution in [1.82, 2.24) is 9.80 Å². The number of amides is 2. The predicted octanol–water partition coefficient (Wildman–Crippen LogP) is 0.495.